The molecule has 0 spiro atoms. The van der Waals surface area contributed by atoms with Crippen LogP contribution in [0.4, 0.5) is 17.6 Å². The van der Waals surface area contributed by atoms with Crippen molar-refractivity contribution < 1.29 is 40.7 Å². The van der Waals surface area contributed by atoms with Crippen molar-refractivity contribution >= 4 is 33.4 Å². The number of carbonyl (C=O) groups is 2. The quantitative estimate of drug-likeness (QED) is 0.567. The van der Waals surface area contributed by atoms with E-state index in [0.29, 0.717) is 16.4 Å². The normalized spacial score (nSPS) is 19.0. The molecule has 1 atom stereocenters. The summed E-state index contributed by atoms with van der Waals surface area (Å²) in [6, 6.07) is 2.07. The van der Waals surface area contributed by atoms with Gasteiger partial charge in [0.1, 0.15) is 29.1 Å². The van der Waals surface area contributed by atoms with E-state index >= 15 is 0 Å². The number of alkyl halides is 2. The second kappa shape index (κ2) is 8.43. The van der Waals surface area contributed by atoms with Crippen LogP contribution >= 0.6 is 11.3 Å². The van der Waals surface area contributed by atoms with Crippen LogP contribution < -0.4 is 10.0 Å². The molecule has 8 nitrogen and oxygen atoms in total. The number of nitrogens with zero attached hydrogens (tertiary/aromatic N) is 1. The van der Waals surface area contributed by atoms with Crippen molar-refractivity contribution in [2.24, 2.45) is 0 Å². The summed E-state index contributed by atoms with van der Waals surface area (Å²) in [7, 11) is -4.69. The fraction of sp³-hybridized carbons (Fsp3) is 0.294. The Morgan fingerprint density at radius 2 is 1.94 bits per heavy atom. The molecule has 0 aliphatic carbocycles. The van der Waals surface area contributed by atoms with Crippen molar-refractivity contribution in [1.82, 2.24) is 14.3 Å². The van der Waals surface area contributed by atoms with Gasteiger partial charge in [-0.05, 0) is 11.4 Å². The first-order valence-corrected chi connectivity index (χ1v) is 11.0. The molecule has 1 aliphatic heterocycles. The molecule has 1 fully saturated rings. The zero-order valence-electron chi connectivity index (χ0n) is 15.4. The van der Waals surface area contributed by atoms with Crippen molar-refractivity contribution in [2.75, 3.05) is 6.54 Å². The maximum Gasteiger partial charge on any atom is 0.305 e. The van der Waals surface area contributed by atoms with Crippen LogP contribution in [0.5, 0.6) is 5.75 Å². The second-order valence-electron chi connectivity index (χ2n) is 6.64. The number of piperidine rings is 1. The summed E-state index contributed by atoms with van der Waals surface area (Å²) in [6.45, 7) is -0.762. The molecule has 3 rings (SSSR count). The van der Waals surface area contributed by atoms with Gasteiger partial charge in [0, 0.05) is 36.9 Å². The van der Waals surface area contributed by atoms with Crippen LogP contribution in [0.2, 0.25) is 0 Å². The monoisotopic (exact) mass is 481 g/mol. The van der Waals surface area contributed by atoms with Gasteiger partial charge in [-0.15, -0.1) is 0 Å². The van der Waals surface area contributed by atoms with Gasteiger partial charge >= 0.3 is 10.2 Å². The van der Waals surface area contributed by atoms with Gasteiger partial charge in [0.05, 0.1) is 5.56 Å². The predicted molar refractivity (Wildman–Crippen MR) is 101 cm³/mol. The standard InChI is InChI=1S/C17H15F4N3O5S2/c18-10-5-11(19)14(12(25)6-10)16(27)22-13-7-17(20,21)2-3-24(13)31(28,29)23-15(26)9-1-4-30-8-9/h1,4-6,8,13,25H,2-3,7H2,(H,22,27)(H,23,26). The van der Waals surface area contributed by atoms with E-state index in [2.05, 4.69) is 0 Å². The third-order valence-electron chi connectivity index (χ3n) is 4.41. The van der Waals surface area contributed by atoms with Crippen LogP contribution in [0.1, 0.15) is 33.6 Å². The smallest absolute Gasteiger partial charge is 0.305 e. The van der Waals surface area contributed by atoms with Gasteiger partial charge in [0.25, 0.3) is 17.7 Å². The first-order valence-electron chi connectivity index (χ1n) is 8.62. The van der Waals surface area contributed by atoms with Crippen LogP contribution in [0, 0.1) is 11.6 Å². The number of halogens is 4. The molecule has 2 amide bonds. The highest BCUT2D eigenvalue weighted by molar-refractivity contribution is 7.87. The topological polar surface area (TPSA) is 116 Å². The zero-order chi connectivity index (χ0) is 23.0. The minimum absolute atomic E-state index is 0.0230. The van der Waals surface area contributed by atoms with Crippen LogP contribution in [-0.4, -0.2) is 48.3 Å². The highest BCUT2D eigenvalue weighted by Gasteiger charge is 2.46. The highest BCUT2D eigenvalue weighted by atomic mass is 32.2. The predicted octanol–water partition coefficient (Wildman–Crippen LogP) is 2.19. The molecular formula is C17H15F4N3O5S2. The van der Waals surface area contributed by atoms with Gasteiger partial charge in [-0.2, -0.15) is 24.1 Å². The number of amides is 2. The Morgan fingerprint density at radius 1 is 1.23 bits per heavy atom. The number of hydrogen-bond acceptors (Lipinski definition) is 6. The fourth-order valence-electron chi connectivity index (χ4n) is 2.96. The molecule has 1 saturated heterocycles. The van der Waals surface area contributed by atoms with Gasteiger partial charge in [-0.25, -0.2) is 22.3 Å². The maximum absolute atomic E-state index is 13.9. The average molecular weight is 481 g/mol. The van der Waals surface area contributed by atoms with Crippen molar-refractivity contribution in [3.05, 3.63) is 51.7 Å². The Bertz CT molecular complexity index is 1090. The summed E-state index contributed by atoms with van der Waals surface area (Å²) in [6.07, 6.45) is -3.94. The van der Waals surface area contributed by atoms with Gasteiger partial charge in [-0.3, -0.25) is 9.59 Å². The van der Waals surface area contributed by atoms with E-state index in [4.69, 9.17) is 0 Å². The third kappa shape index (κ3) is 5.14. The van der Waals surface area contributed by atoms with Gasteiger partial charge in [0.2, 0.25) is 0 Å². The molecule has 1 aliphatic rings. The SMILES string of the molecule is O=C(NS(=O)(=O)N1CCC(F)(F)CC1NC(=O)c1c(O)cc(F)cc1F)c1ccsc1. The van der Waals surface area contributed by atoms with E-state index in [1.54, 1.807) is 4.72 Å². The van der Waals surface area contributed by atoms with Gasteiger partial charge < -0.3 is 10.4 Å². The minimum atomic E-state index is -4.69. The van der Waals surface area contributed by atoms with Crippen molar-refractivity contribution in [3.63, 3.8) is 0 Å². The van der Waals surface area contributed by atoms with Crippen molar-refractivity contribution in [2.45, 2.75) is 24.9 Å². The number of hydrogen-bond donors (Lipinski definition) is 3. The molecular weight excluding hydrogens is 466 g/mol. The minimum Gasteiger partial charge on any atom is -0.507 e. The molecule has 31 heavy (non-hydrogen) atoms. The number of thiophene rings is 1. The van der Waals surface area contributed by atoms with E-state index in [0.717, 1.165) is 11.3 Å². The number of benzene rings is 1. The number of carbonyl (C=O) groups excluding carboxylic acids is 2. The molecule has 1 aromatic carbocycles. The summed E-state index contributed by atoms with van der Waals surface area (Å²) >= 11 is 1.13. The first kappa shape index (κ1) is 23.0. The number of phenolic OH excluding ortho intramolecular Hbond substituents is 1. The van der Waals surface area contributed by atoms with Crippen molar-refractivity contribution in [1.29, 1.82) is 0 Å². The molecule has 0 bridgehead atoms. The van der Waals surface area contributed by atoms with E-state index in [-0.39, 0.29) is 5.56 Å². The number of phenols is 1. The van der Waals surface area contributed by atoms with Crippen LogP contribution in [0.3, 0.4) is 0 Å². The molecule has 1 unspecified atom stereocenters. The Morgan fingerprint density at radius 3 is 2.55 bits per heavy atom. The average Bonchev–Trinajstić information content (AvgIpc) is 3.14. The van der Waals surface area contributed by atoms with E-state index in [9.17, 15) is 40.7 Å². The van der Waals surface area contributed by atoms with Crippen LogP contribution in [-0.2, 0) is 10.2 Å². The Kier molecular flexibility index (Phi) is 6.25. The lowest BCUT2D eigenvalue weighted by Gasteiger charge is -2.38. The molecule has 0 radical (unpaired) electrons. The number of aromatic hydroxyl groups is 1. The molecule has 2 aromatic rings. The lowest BCUT2D eigenvalue weighted by molar-refractivity contribution is -0.0636. The van der Waals surface area contributed by atoms with Crippen LogP contribution in [0.15, 0.2) is 29.0 Å². The lowest BCUT2D eigenvalue weighted by atomic mass is 10.1. The summed E-state index contributed by atoms with van der Waals surface area (Å²) in [5.74, 6) is -9.58. The largest absolute Gasteiger partial charge is 0.507 e. The van der Waals surface area contributed by atoms with E-state index < -0.39 is 76.4 Å². The third-order valence-corrected chi connectivity index (χ3v) is 6.59. The second-order valence-corrected chi connectivity index (χ2v) is 9.04. The summed E-state index contributed by atoms with van der Waals surface area (Å²) in [4.78, 5) is 24.5. The van der Waals surface area contributed by atoms with Gasteiger partial charge in [-0.1, -0.05) is 0 Å². The Balaban J connectivity index is 1.86. The fourth-order valence-corrected chi connectivity index (χ4v) is 4.86. The Hall–Kier alpha value is -2.71. The molecule has 14 heteroatoms. The summed E-state index contributed by atoms with van der Waals surface area (Å²) in [5.41, 5.74) is -1.02. The van der Waals surface area contributed by atoms with E-state index in [1.165, 1.54) is 16.8 Å². The first-order chi connectivity index (χ1) is 14.4. The Labute approximate surface area is 177 Å². The van der Waals surface area contributed by atoms with E-state index in [1.807, 2.05) is 5.32 Å². The molecule has 168 valence electrons. The molecule has 2 heterocycles. The highest BCUT2D eigenvalue weighted by Crippen LogP contribution is 2.33. The van der Waals surface area contributed by atoms with Crippen molar-refractivity contribution in [3.8, 4) is 5.75 Å². The number of rotatable bonds is 5. The number of nitrogens with one attached hydrogen (secondary N) is 2. The zero-order valence-corrected chi connectivity index (χ0v) is 17.1. The summed E-state index contributed by atoms with van der Waals surface area (Å²) in [5, 5.41) is 14.5. The van der Waals surface area contributed by atoms with Crippen LogP contribution in [0.25, 0.3) is 0 Å². The molecule has 0 saturated carbocycles. The van der Waals surface area contributed by atoms with Gasteiger partial charge in [0.15, 0.2) is 0 Å². The molecule has 3 N–H and O–H groups in total. The lowest BCUT2D eigenvalue weighted by Crippen LogP contribution is -2.60. The summed E-state index contributed by atoms with van der Waals surface area (Å²) < 4.78 is 82.4. The maximum atomic E-state index is 13.9. The molecule has 1 aromatic heterocycles.